The second kappa shape index (κ2) is 7.34. The van der Waals surface area contributed by atoms with Crippen molar-refractivity contribution in [2.24, 2.45) is 0 Å². The molecule has 4 rings (SSSR count). The Labute approximate surface area is 163 Å². The number of unbranched alkanes of at least 4 members (excludes halogenated alkanes) is 2. The highest BCUT2D eigenvalue weighted by molar-refractivity contribution is 5.85. The summed E-state index contributed by atoms with van der Waals surface area (Å²) in [6.45, 7) is 6.83. The second-order valence-electron chi connectivity index (χ2n) is 7.90. The van der Waals surface area contributed by atoms with Gasteiger partial charge in [0.15, 0.2) is 0 Å². The second-order valence-corrected chi connectivity index (χ2v) is 7.90. The Morgan fingerprint density at radius 1 is 0.889 bits per heavy atom. The molecule has 0 bridgehead atoms. The van der Waals surface area contributed by atoms with E-state index in [-0.39, 0.29) is 5.54 Å². The molecule has 0 radical (unpaired) electrons. The van der Waals surface area contributed by atoms with Crippen LogP contribution in [0, 0.1) is 0 Å². The number of pyridine rings is 1. The molecule has 2 nitrogen and oxygen atoms in total. The van der Waals surface area contributed by atoms with Crippen molar-refractivity contribution in [3.05, 3.63) is 65.9 Å². The van der Waals surface area contributed by atoms with E-state index in [0.717, 1.165) is 12.8 Å². The van der Waals surface area contributed by atoms with Crippen LogP contribution in [0.25, 0.3) is 22.0 Å². The van der Waals surface area contributed by atoms with Crippen molar-refractivity contribution in [3.63, 3.8) is 0 Å². The Morgan fingerprint density at radius 3 is 2.48 bits per heavy atom. The fourth-order valence-electron chi connectivity index (χ4n) is 4.53. The summed E-state index contributed by atoms with van der Waals surface area (Å²) in [4.78, 5) is 0. The number of rotatable bonds is 6. The number of benzene rings is 2. The third-order valence-electron chi connectivity index (χ3n) is 6.30. The minimum absolute atomic E-state index is 0.00201. The van der Waals surface area contributed by atoms with E-state index in [0.29, 0.717) is 0 Å². The van der Waals surface area contributed by atoms with Gasteiger partial charge in [0, 0.05) is 11.5 Å². The van der Waals surface area contributed by atoms with Crippen LogP contribution in [-0.2, 0) is 12.0 Å². The lowest BCUT2D eigenvalue weighted by Gasteiger charge is -2.35. The summed E-state index contributed by atoms with van der Waals surface area (Å²) in [5.41, 5.74) is 9.34. The molecule has 0 unspecified atom stereocenters. The molecule has 0 saturated heterocycles. The smallest absolute Gasteiger partial charge is 0.182 e. The Balaban J connectivity index is 1.82. The zero-order valence-electron chi connectivity index (χ0n) is 16.9. The van der Waals surface area contributed by atoms with E-state index in [1.807, 2.05) is 0 Å². The maximum atomic E-state index is 3.83. The van der Waals surface area contributed by atoms with Crippen molar-refractivity contribution in [1.29, 1.82) is 0 Å². The first-order valence-corrected chi connectivity index (χ1v) is 10.6. The van der Waals surface area contributed by atoms with Gasteiger partial charge in [-0.05, 0) is 54.3 Å². The van der Waals surface area contributed by atoms with Crippen LogP contribution in [0.1, 0.15) is 64.0 Å². The summed E-state index contributed by atoms with van der Waals surface area (Å²) in [7, 11) is 0. The van der Waals surface area contributed by atoms with Gasteiger partial charge >= 0.3 is 0 Å². The molecule has 27 heavy (non-hydrogen) atoms. The number of hydrogen-bond acceptors (Lipinski definition) is 1. The average Bonchev–Trinajstić information content (AvgIpc) is 2.72. The molecule has 0 saturated carbocycles. The third-order valence-corrected chi connectivity index (χ3v) is 6.30. The Bertz CT molecular complexity index is 954. The molecule has 0 fully saturated rings. The van der Waals surface area contributed by atoms with Gasteiger partial charge in [0.2, 0.25) is 11.9 Å². The topological polar surface area (TPSA) is 15.9 Å². The van der Waals surface area contributed by atoms with E-state index in [9.17, 15) is 0 Å². The Kier molecular flexibility index (Phi) is 4.90. The molecule has 0 aliphatic carbocycles. The van der Waals surface area contributed by atoms with Gasteiger partial charge in [0.1, 0.15) is 5.54 Å². The minimum atomic E-state index is 0.00201. The fourth-order valence-corrected chi connectivity index (χ4v) is 4.53. The fraction of sp³-hybridized carbons (Fsp3) is 0.400. The van der Waals surface area contributed by atoms with Crippen LogP contribution >= 0.6 is 0 Å². The molecule has 1 aliphatic heterocycles. The van der Waals surface area contributed by atoms with Crippen molar-refractivity contribution in [3.8, 4) is 11.3 Å². The van der Waals surface area contributed by atoms with Crippen molar-refractivity contribution in [2.45, 2.75) is 64.8 Å². The number of nitrogens with zero attached hydrogens (tertiary/aromatic N) is 1. The summed E-state index contributed by atoms with van der Waals surface area (Å²) in [5.74, 6) is 0. The first-order chi connectivity index (χ1) is 13.2. The summed E-state index contributed by atoms with van der Waals surface area (Å²) < 4.78 is 2.26. The van der Waals surface area contributed by atoms with Crippen LogP contribution < -0.4 is 10.1 Å². The molecule has 0 atom stereocenters. The van der Waals surface area contributed by atoms with E-state index in [1.165, 1.54) is 58.8 Å². The van der Waals surface area contributed by atoms with Crippen LogP contribution in [0.15, 0.2) is 54.7 Å². The highest BCUT2D eigenvalue weighted by Gasteiger charge is 2.40. The average molecular weight is 360 g/mol. The van der Waals surface area contributed by atoms with Crippen LogP contribution in [0.4, 0.5) is 0 Å². The van der Waals surface area contributed by atoms with Crippen molar-refractivity contribution in [1.82, 2.24) is 0 Å². The lowest BCUT2D eigenvalue weighted by Crippen LogP contribution is -2.59. The summed E-state index contributed by atoms with van der Waals surface area (Å²) >= 11 is 0. The summed E-state index contributed by atoms with van der Waals surface area (Å²) in [6.07, 6.45) is 9.46. The maximum Gasteiger partial charge on any atom is 0.243 e. The molecule has 2 heteroatoms. The molecule has 2 aromatic carbocycles. The van der Waals surface area contributed by atoms with Gasteiger partial charge in [-0.2, -0.15) is 5.43 Å². The van der Waals surface area contributed by atoms with Crippen molar-refractivity contribution in [2.75, 3.05) is 5.43 Å². The zero-order chi connectivity index (χ0) is 18.9. The predicted octanol–water partition coefficient (Wildman–Crippen LogP) is 6.10. The number of hydrogen-bond donors (Lipinski definition) is 1. The molecular formula is C25H31N2+. The molecule has 3 aromatic rings. The number of fused-ring (bicyclic) bond motifs is 4. The van der Waals surface area contributed by atoms with Crippen LogP contribution in [0.5, 0.6) is 0 Å². The van der Waals surface area contributed by atoms with Crippen molar-refractivity contribution < 1.29 is 4.68 Å². The summed E-state index contributed by atoms with van der Waals surface area (Å²) in [5, 5.41) is 2.64. The lowest BCUT2D eigenvalue weighted by molar-refractivity contribution is -0.648. The Morgan fingerprint density at radius 2 is 1.70 bits per heavy atom. The van der Waals surface area contributed by atoms with E-state index in [1.54, 1.807) is 0 Å². The number of aromatic nitrogens is 1. The standard InChI is InChI=1S/C25H31N2/c1-4-7-8-11-19-14-15-20-18-27-24(17-21(20)16-19)22-12-9-10-13-23(22)25(5-2,6-3)26-27/h9-10,12-18,26H,4-8,11H2,1-3H3/q+1. The highest BCUT2D eigenvalue weighted by Crippen LogP contribution is 2.39. The quantitative estimate of drug-likeness (QED) is 0.415. The van der Waals surface area contributed by atoms with Gasteiger partial charge in [-0.3, -0.25) is 0 Å². The van der Waals surface area contributed by atoms with Gasteiger partial charge in [-0.15, -0.1) is 0 Å². The first-order valence-electron chi connectivity index (χ1n) is 10.6. The molecule has 0 amide bonds. The number of nitrogens with one attached hydrogen (secondary N) is 1. The monoisotopic (exact) mass is 359 g/mol. The van der Waals surface area contributed by atoms with Gasteiger partial charge in [0.25, 0.3) is 0 Å². The highest BCUT2D eigenvalue weighted by atomic mass is 15.4. The van der Waals surface area contributed by atoms with Crippen LogP contribution in [0.3, 0.4) is 0 Å². The molecule has 140 valence electrons. The van der Waals surface area contributed by atoms with Crippen LogP contribution in [-0.4, -0.2) is 0 Å². The zero-order valence-corrected chi connectivity index (χ0v) is 16.9. The normalized spacial score (nSPS) is 14.5. The molecule has 1 N–H and O–H groups in total. The van der Waals surface area contributed by atoms with Crippen LogP contribution in [0.2, 0.25) is 0 Å². The van der Waals surface area contributed by atoms with Gasteiger partial charge in [-0.25, -0.2) is 0 Å². The minimum Gasteiger partial charge on any atom is -0.182 e. The number of aryl methyl sites for hydroxylation is 1. The Hall–Kier alpha value is -2.35. The van der Waals surface area contributed by atoms with Gasteiger partial charge in [-0.1, -0.05) is 68.6 Å². The van der Waals surface area contributed by atoms with E-state index in [4.69, 9.17) is 0 Å². The van der Waals surface area contributed by atoms with E-state index < -0.39 is 0 Å². The SMILES string of the molecule is CCCCCc1ccc2c[n+]3c(cc2c1)-c1ccccc1C(CC)(CC)N3. The first kappa shape index (κ1) is 18.0. The lowest BCUT2D eigenvalue weighted by atomic mass is 9.80. The van der Waals surface area contributed by atoms with Gasteiger partial charge in [0.05, 0.1) is 5.56 Å². The molecular weight excluding hydrogens is 328 g/mol. The van der Waals surface area contributed by atoms with Gasteiger partial charge < -0.3 is 0 Å². The predicted molar refractivity (Wildman–Crippen MR) is 114 cm³/mol. The van der Waals surface area contributed by atoms with Crippen molar-refractivity contribution >= 4 is 10.8 Å². The third kappa shape index (κ3) is 3.12. The molecule has 1 aliphatic rings. The molecule has 0 spiro atoms. The largest absolute Gasteiger partial charge is 0.243 e. The molecule has 2 heterocycles. The maximum absolute atomic E-state index is 3.83. The van der Waals surface area contributed by atoms with E-state index in [2.05, 4.69) is 85.6 Å². The van der Waals surface area contributed by atoms with E-state index >= 15 is 0 Å². The summed E-state index contributed by atoms with van der Waals surface area (Å²) in [6, 6.07) is 18.2. The molecule has 1 aromatic heterocycles.